The van der Waals surface area contributed by atoms with Crippen molar-refractivity contribution in [3.8, 4) is 11.1 Å². The van der Waals surface area contributed by atoms with Gasteiger partial charge in [0.25, 0.3) is 5.91 Å². The van der Waals surface area contributed by atoms with Gasteiger partial charge in [-0.2, -0.15) is 0 Å². The molecule has 0 aliphatic carbocycles. The Bertz CT molecular complexity index is 1330. The van der Waals surface area contributed by atoms with E-state index in [0.717, 1.165) is 45.8 Å². The molecule has 176 valence electrons. The molecule has 4 rings (SSSR count). The van der Waals surface area contributed by atoms with Gasteiger partial charge in [-0.15, -0.1) is 0 Å². The molecule has 1 atom stereocenters. The smallest absolute Gasteiger partial charge is 0.251 e. The molecule has 6 nitrogen and oxygen atoms in total. The molecule has 0 bridgehead atoms. The van der Waals surface area contributed by atoms with Crippen LogP contribution in [0.2, 0.25) is 5.02 Å². The molecule has 0 aliphatic heterocycles. The molecule has 0 saturated carbocycles. The highest BCUT2D eigenvalue weighted by atomic mass is 35.5. The molecular weight excluding hydrogens is 448 g/mol. The Morgan fingerprint density at radius 1 is 1.06 bits per heavy atom. The molecule has 1 heterocycles. The van der Waals surface area contributed by atoms with Gasteiger partial charge in [-0.05, 0) is 65.1 Å². The lowest BCUT2D eigenvalue weighted by atomic mass is 9.96. The van der Waals surface area contributed by atoms with Gasteiger partial charge >= 0.3 is 0 Å². The number of aliphatic hydroxyl groups excluding tert-OH is 1. The number of amides is 1. The lowest BCUT2D eigenvalue weighted by molar-refractivity contribution is 0.0869. The van der Waals surface area contributed by atoms with Crippen molar-refractivity contribution in [2.45, 2.75) is 20.0 Å². The number of nitrogens with two attached hydrogens (primary N) is 1. The highest BCUT2D eigenvalue weighted by molar-refractivity contribution is 6.31. The number of hydrogen-bond donors (Lipinski definition) is 3. The summed E-state index contributed by atoms with van der Waals surface area (Å²) < 4.78 is 0. The van der Waals surface area contributed by atoms with Gasteiger partial charge in [-0.3, -0.25) is 4.79 Å². The largest absolute Gasteiger partial charge is 0.390 e. The van der Waals surface area contributed by atoms with Crippen molar-refractivity contribution in [2.24, 2.45) is 0 Å². The minimum Gasteiger partial charge on any atom is -0.390 e. The average molecular weight is 477 g/mol. The quantitative estimate of drug-likeness (QED) is 0.342. The Morgan fingerprint density at radius 2 is 1.79 bits per heavy atom. The Kier molecular flexibility index (Phi) is 7.32. The fraction of sp³-hybridized carbons (Fsp3) is 0.259. The van der Waals surface area contributed by atoms with Crippen LogP contribution in [0.1, 0.15) is 24.2 Å². The zero-order chi connectivity index (χ0) is 24.2. The SMILES string of the molecule is CCN(CC)CC(O)CNC(=O)c1ccc2ccc(-c3c(N)ncc4ccc(Cl)cc34)cc2c1. The van der Waals surface area contributed by atoms with Crippen LogP contribution >= 0.6 is 11.6 Å². The molecule has 34 heavy (non-hydrogen) atoms. The summed E-state index contributed by atoms with van der Waals surface area (Å²) in [5.74, 6) is 0.203. The number of anilines is 1. The van der Waals surface area contributed by atoms with E-state index in [1.54, 1.807) is 12.3 Å². The summed E-state index contributed by atoms with van der Waals surface area (Å²) in [4.78, 5) is 19.2. The maximum absolute atomic E-state index is 12.8. The molecule has 0 aliphatic rings. The van der Waals surface area contributed by atoms with E-state index in [2.05, 4.69) is 29.0 Å². The van der Waals surface area contributed by atoms with Gasteiger partial charge in [0, 0.05) is 40.8 Å². The number of hydrogen-bond acceptors (Lipinski definition) is 5. The third-order valence-corrected chi connectivity index (χ3v) is 6.37. The van der Waals surface area contributed by atoms with E-state index in [0.29, 0.717) is 22.9 Å². The van der Waals surface area contributed by atoms with Crippen LogP contribution in [0.5, 0.6) is 0 Å². The number of likely N-dealkylation sites (N-methyl/N-ethyl adjacent to an activating group) is 1. The van der Waals surface area contributed by atoms with Crippen LogP contribution in [0.15, 0.2) is 60.8 Å². The lowest BCUT2D eigenvalue weighted by Gasteiger charge is -2.22. The van der Waals surface area contributed by atoms with Crippen molar-refractivity contribution < 1.29 is 9.90 Å². The van der Waals surface area contributed by atoms with E-state index < -0.39 is 6.10 Å². The predicted molar refractivity (Wildman–Crippen MR) is 140 cm³/mol. The number of pyridine rings is 1. The molecule has 4 N–H and O–H groups in total. The van der Waals surface area contributed by atoms with E-state index in [4.69, 9.17) is 17.3 Å². The van der Waals surface area contributed by atoms with Crippen LogP contribution in [0.25, 0.3) is 32.7 Å². The summed E-state index contributed by atoms with van der Waals surface area (Å²) in [7, 11) is 0. The molecule has 1 unspecified atom stereocenters. The van der Waals surface area contributed by atoms with Gasteiger partial charge in [0.2, 0.25) is 0 Å². The molecular formula is C27H29ClN4O2. The fourth-order valence-corrected chi connectivity index (χ4v) is 4.38. The summed E-state index contributed by atoms with van der Waals surface area (Å²) in [5.41, 5.74) is 8.52. The number of fused-ring (bicyclic) bond motifs is 2. The van der Waals surface area contributed by atoms with Crippen molar-refractivity contribution in [1.82, 2.24) is 15.2 Å². The average Bonchev–Trinajstić information content (AvgIpc) is 2.85. The van der Waals surface area contributed by atoms with Crippen LogP contribution in [0.3, 0.4) is 0 Å². The summed E-state index contributed by atoms with van der Waals surface area (Å²) in [6, 6.07) is 17.2. The van der Waals surface area contributed by atoms with Gasteiger partial charge in [0.05, 0.1) is 6.10 Å². The molecule has 7 heteroatoms. The number of nitrogens with one attached hydrogen (secondary N) is 1. The maximum atomic E-state index is 12.8. The molecule has 1 aromatic heterocycles. The molecule has 4 aromatic rings. The first kappa shape index (κ1) is 24.0. The molecule has 0 radical (unpaired) electrons. The first-order valence-corrected chi connectivity index (χ1v) is 11.8. The Labute approximate surface area is 204 Å². The second-order valence-electron chi connectivity index (χ2n) is 8.38. The molecule has 0 fully saturated rings. The molecule has 0 saturated heterocycles. The number of nitrogen functional groups attached to an aromatic ring is 1. The van der Waals surface area contributed by atoms with Gasteiger partial charge < -0.3 is 21.1 Å². The molecule has 3 aromatic carbocycles. The van der Waals surface area contributed by atoms with E-state index in [1.807, 2.05) is 48.5 Å². The Hall–Kier alpha value is -3.19. The Balaban J connectivity index is 1.61. The first-order chi connectivity index (χ1) is 16.4. The topological polar surface area (TPSA) is 91.5 Å². The first-order valence-electron chi connectivity index (χ1n) is 11.5. The van der Waals surface area contributed by atoms with E-state index in [-0.39, 0.29) is 12.5 Å². The van der Waals surface area contributed by atoms with E-state index in [9.17, 15) is 9.90 Å². The van der Waals surface area contributed by atoms with Gasteiger partial charge in [-0.25, -0.2) is 4.98 Å². The number of aromatic nitrogens is 1. The van der Waals surface area contributed by atoms with Gasteiger partial charge in [-0.1, -0.05) is 49.7 Å². The van der Waals surface area contributed by atoms with Crippen molar-refractivity contribution in [1.29, 1.82) is 0 Å². The van der Waals surface area contributed by atoms with E-state index in [1.165, 1.54) is 0 Å². The van der Waals surface area contributed by atoms with Crippen LogP contribution in [-0.4, -0.2) is 53.2 Å². The van der Waals surface area contributed by atoms with Crippen LogP contribution in [-0.2, 0) is 0 Å². The monoisotopic (exact) mass is 476 g/mol. The lowest BCUT2D eigenvalue weighted by Crippen LogP contribution is -2.40. The number of benzene rings is 3. The minimum atomic E-state index is -0.621. The fourth-order valence-electron chi connectivity index (χ4n) is 4.20. The predicted octanol–water partition coefficient (Wildman–Crippen LogP) is 4.72. The summed E-state index contributed by atoms with van der Waals surface area (Å²) in [6.07, 6.45) is 1.12. The van der Waals surface area contributed by atoms with Crippen molar-refractivity contribution in [3.63, 3.8) is 0 Å². The third kappa shape index (κ3) is 5.14. The number of carbonyl (C=O) groups excluding carboxylic acids is 1. The summed E-state index contributed by atoms with van der Waals surface area (Å²) in [5, 5.41) is 17.5. The van der Waals surface area contributed by atoms with Crippen LogP contribution in [0, 0.1) is 0 Å². The second-order valence-corrected chi connectivity index (χ2v) is 8.81. The van der Waals surface area contributed by atoms with Crippen molar-refractivity contribution >= 4 is 44.9 Å². The molecule has 0 spiro atoms. The third-order valence-electron chi connectivity index (χ3n) is 6.14. The van der Waals surface area contributed by atoms with E-state index >= 15 is 0 Å². The zero-order valence-corrected chi connectivity index (χ0v) is 20.1. The number of nitrogens with zero attached hydrogens (tertiary/aromatic N) is 2. The summed E-state index contributed by atoms with van der Waals surface area (Å²) in [6.45, 7) is 6.55. The second kappa shape index (κ2) is 10.4. The highest BCUT2D eigenvalue weighted by Gasteiger charge is 2.14. The molecule has 1 amide bonds. The zero-order valence-electron chi connectivity index (χ0n) is 19.4. The highest BCUT2D eigenvalue weighted by Crippen LogP contribution is 2.35. The van der Waals surface area contributed by atoms with Crippen molar-refractivity contribution in [2.75, 3.05) is 31.9 Å². The van der Waals surface area contributed by atoms with Crippen LogP contribution < -0.4 is 11.1 Å². The van der Waals surface area contributed by atoms with Crippen molar-refractivity contribution in [3.05, 3.63) is 71.4 Å². The number of carbonyl (C=O) groups is 1. The maximum Gasteiger partial charge on any atom is 0.251 e. The minimum absolute atomic E-state index is 0.201. The number of rotatable bonds is 8. The number of aliphatic hydroxyl groups is 1. The van der Waals surface area contributed by atoms with Crippen LogP contribution in [0.4, 0.5) is 5.82 Å². The summed E-state index contributed by atoms with van der Waals surface area (Å²) >= 11 is 6.25. The standard InChI is InChI=1S/C27H29ClN4O2/c1-3-32(4-2)16-23(33)15-31-27(34)19-8-6-17-5-7-18(11-21(17)12-19)25-24-13-22(28)10-9-20(24)14-30-26(25)29/h5-14,23,33H,3-4,15-16H2,1-2H3,(H2,29,30)(H,31,34). The Morgan fingerprint density at radius 3 is 2.56 bits per heavy atom. The normalized spacial score (nSPS) is 12.4. The van der Waals surface area contributed by atoms with Gasteiger partial charge in [0.1, 0.15) is 5.82 Å². The number of halogens is 1. The van der Waals surface area contributed by atoms with Gasteiger partial charge in [0.15, 0.2) is 0 Å².